The molecule has 5 rings (SSSR count). The largest absolute Gasteiger partial charge is 0.420 e. The first kappa shape index (κ1) is 28.4. The molecule has 1 aromatic carbocycles. The van der Waals surface area contributed by atoms with Gasteiger partial charge in [0.15, 0.2) is 11.3 Å². The molecule has 0 saturated carbocycles. The zero-order valence-corrected chi connectivity index (χ0v) is 23.2. The van der Waals surface area contributed by atoms with Gasteiger partial charge in [-0.25, -0.2) is 8.78 Å². The average Bonchev–Trinajstić information content (AvgIpc) is 3.26. The quantitative estimate of drug-likeness (QED) is 0.499. The van der Waals surface area contributed by atoms with E-state index in [2.05, 4.69) is 10.5 Å². The van der Waals surface area contributed by atoms with Gasteiger partial charge in [-0.15, -0.1) is 0 Å². The van der Waals surface area contributed by atoms with E-state index in [0.717, 1.165) is 11.8 Å². The molecular formula is C29H34F2N4O6. The predicted octanol–water partition coefficient (Wildman–Crippen LogP) is 4.11. The molecule has 1 spiro atoms. The molecule has 0 aliphatic carbocycles. The van der Waals surface area contributed by atoms with Gasteiger partial charge < -0.3 is 24.4 Å². The average molecular weight is 573 g/mol. The molecule has 3 atom stereocenters. The summed E-state index contributed by atoms with van der Waals surface area (Å²) in [7, 11) is 0. The van der Waals surface area contributed by atoms with Crippen LogP contribution in [0.2, 0.25) is 0 Å². The molecular weight excluding hydrogens is 538 g/mol. The molecule has 12 heteroatoms. The SMILES string of the molecule is CCCCC(=O)Oc1c2n(cc(C(=O)NCc3ccc(F)cc3F)c1=O)[C@@H]1CN(C2=O)[C@@H](C)CC[C@]12CC(C)=NO2.[HH]. The van der Waals surface area contributed by atoms with Gasteiger partial charge in [0.1, 0.15) is 17.2 Å². The standard InChI is InChI=1S/C29H32F2N4O6.H2/c1-4-5-6-23(36)40-26-24-28(39)34-15-22(29(10-9-17(34)3)12-16(2)33-41-29)35(24)14-20(25(26)37)27(38)32-13-18-7-8-19(30)11-21(18)31;/h7-8,11,14,17,22H,4-6,9-10,12-13,15H2,1-3H3,(H,32,38);1H/t17-,22+,29-;/m0./s1. The van der Waals surface area contributed by atoms with Crippen LogP contribution < -0.4 is 15.5 Å². The zero-order valence-electron chi connectivity index (χ0n) is 23.2. The maximum absolute atomic E-state index is 14.2. The number of hydrogen-bond acceptors (Lipinski definition) is 7. The molecule has 2 aromatic rings. The van der Waals surface area contributed by atoms with Crippen molar-refractivity contribution in [3.63, 3.8) is 0 Å². The van der Waals surface area contributed by atoms with E-state index < -0.39 is 52.2 Å². The zero-order chi connectivity index (χ0) is 29.5. The Labute approximate surface area is 236 Å². The topological polar surface area (TPSA) is 119 Å². The van der Waals surface area contributed by atoms with E-state index >= 15 is 0 Å². The lowest BCUT2D eigenvalue weighted by molar-refractivity contribution is -0.134. The van der Waals surface area contributed by atoms with E-state index in [1.165, 1.54) is 16.8 Å². The summed E-state index contributed by atoms with van der Waals surface area (Å²) < 4.78 is 34.6. The van der Waals surface area contributed by atoms with Gasteiger partial charge in [-0.3, -0.25) is 19.2 Å². The number of oxime groups is 1. The maximum Gasteiger partial charge on any atom is 0.311 e. The number of halogens is 2. The van der Waals surface area contributed by atoms with E-state index in [4.69, 9.17) is 9.57 Å². The lowest BCUT2D eigenvalue weighted by atomic mass is 9.84. The fraction of sp³-hybridized carbons (Fsp3) is 0.483. The summed E-state index contributed by atoms with van der Waals surface area (Å²) in [5, 5.41) is 6.68. The number of benzene rings is 1. The molecule has 2 amide bonds. The van der Waals surface area contributed by atoms with E-state index in [9.17, 15) is 28.0 Å². The second-order valence-corrected chi connectivity index (χ2v) is 11.0. The van der Waals surface area contributed by atoms with Crippen LogP contribution in [0.5, 0.6) is 5.75 Å². The first-order valence-electron chi connectivity index (χ1n) is 13.8. The van der Waals surface area contributed by atoms with Crippen LogP contribution in [-0.4, -0.2) is 51.2 Å². The molecule has 41 heavy (non-hydrogen) atoms. The Kier molecular flexibility index (Phi) is 7.67. The number of rotatable bonds is 7. The van der Waals surface area contributed by atoms with Crippen LogP contribution in [0.25, 0.3) is 0 Å². The molecule has 220 valence electrons. The Morgan fingerprint density at radius 3 is 2.76 bits per heavy atom. The van der Waals surface area contributed by atoms with Crippen molar-refractivity contribution in [3.8, 4) is 5.75 Å². The molecule has 1 N–H and O–H groups in total. The summed E-state index contributed by atoms with van der Waals surface area (Å²) in [6, 6.07) is 2.21. The highest BCUT2D eigenvalue weighted by atomic mass is 19.1. The van der Waals surface area contributed by atoms with Crippen molar-refractivity contribution < 1.29 is 34.2 Å². The van der Waals surface area contributed by atoms with Gasteiger partial charge in [-0.1, -0.05) is 24.6 Å². The minimum absolute atomic E-state index is 0. The summed E-state index contributed by atoms with van der Waals surface area (Å²) in [6.45, 7) is 5.56. The van der Waals surface area contributed by atoms with E-state index in [0.29, 0.717) is 38.2 Å². The van der Waals surface area contributed by atoms with Gasteiger partial charge >= 0.3 is 5.97 Å². The van der Waals surface area contributed by atoms with Crippen molar-refractivity contribution in [1.29, 1.82) is 0 Å². The number of hydrogen-bond donors (Lipinski definition) is 1. The van der Waals surface area contributed by atoms with Crippen molar-refractivity contribution in [2.45, 2.75) is 83.5 Å². The van der Waals surface area contributed by atoms with Crippen molar-refractivity contribution >= 4 is 23.5 Å². The van der Waals surface area contributed by atoms with Crippen LogP contribution in [0, 0.1) is 11.6 Å². The van der Waals surface area contributed by atoms with Gasteiger partial charge in [-0.2, -0.15) is 0 Å². The Bertz CT molecular complexity index is 1510. The molecule has 4 heterocycles. The third-order valence-corrected chi connectivity index (χ3v) is 8.07. The van der Waals surface area contributed by atoms with Gasteiger partial charge in [0, 0.05) is 51.2 Å². The fourth-order valence-corrected chi connectivity index (χ4v) is 5.79. The normalized spacial score (nSPS) is 23.0. The highest BCUT2D eigenvalue weighted by molar-refractivity contribution is 6.00. The highest BCUT2D eigenvalue weighted by Crippen LogP contribution is 2.46. The second kappa shape index (κ2) is 11.1. The molecule has 1 aromatic heterocycles. The number of nitrogens with zero attached hydrogens (tertiary/aromatic N) is 3. The lowest BCUT2D eigenvalue weighted by Gasteiger charge is -2.42. The number of fused-ring (bicyclic) bond motifs is 5. The lowest BCUT2D eigenvalue weighted by Crippen LogP contribution is -2.52. The Balaban J connectivity index is 0.00000405. The fourth-order valence-electron chi connectivity index (χ4n) is 5.79. The van der Waals surface area contributed by atoms with Crippen LogP contribution in [0.3, 0.4) is 0 Å². The Morgan fingerprint density at radius 2 is 2.07 bits per heavy atom. The molecule has 0 radical (unpaired) electrons. The minimum Gasteiger partial charge on any atom is -0.420 e. The molecule has 2 bridgehead atoms. The van der Waals surface area contributed by atoms with Gasteiger partial charge in [0.25, 0.3) is 11.8 Å². The minimum atomic E-state index is -0.937. The Morgan fingerprint density at radius 1 is 1.29 bits per heavy atom. The number of ether oxygens (including phenoxy) is 1. The van der Waals surface area contributed by atoms with Crippen LogP contribution in [-0.2, 0) is 16.2 Å². The second-order valence-electron chi connectivity index (χ2n) is 11.0. The summed E-state index contributed by atoms with van der Waals surface area (Å²) in [6.07, 6.45) is 4.19. The number of esters is 1. The first-order valence-corrected chi connectivity index (χ1v) is 13.8. The Hall–Kier alpha value is -4.09. The molecule has 0 unspecified atom stereocenters. The number of unbranched alkanes of at least 4 members (excludes halogenated alkanes) is 1. The van der Waals surface area contributed by atoms with Gasteiger partial charge in [0.2, 0.25) is 11.2 Å². The van der Waals surface area contributed by atoms with Gasteiger partial charge in [-0.05, 0) is 39.2 Å². The number of carbonyl (C=O) groups is 3. The van der Waals surface area contributed by atoms with E-state index in [1.54, 1.807) is 4.90 Å². The molecule has 3 aliphatic heterocycles. The third kappa shape index (κ3) is 5.22. The molecule has 10 nitrogen and oxygen atoms in total. The number of carbonyl (C=O) groups excluding carboxylic acids is 3. The van der Waals surface area contributed by atoms with Crippen molar-refractivity contribution in [3.05, 3.63) is 63.1 Å². The smallest absolute Gasteiger partial charge is 0.311 e. The molecule has 1 fully saturated rings. The first-order chi connectivity index (χ1) is 19.5. The highest BCUT2D eigenvalue weighted by Gasteiger charge is 2.54. The maximum atomic E-state index is 14.2. The monoisotopic (exact) mass is 572 g/mol. The molecule has 1 saturated heterocycles. The van der Waals surface area contributed by atoms with Crippen LogP contribution in [0.15, 0.2) is 34.3 Å². The number of aromatic nitrogens is 1. The van der Waals surface area contributed by atoms with Crippen molar-refractivity contribution in [2.75, 3.05) is 6.54 Å². The van der Waals surface area contributed by atoms with E-state index in [-0.39, 0.29) is 43.8 Å². The summed E-state index contributed by atoms with van der Waals surface area (Å²) >= 11 is 0. The van der Waals surface area contributed by atoms with Crippen molar-refractivity contribution in [2.24, 2.45) is 5.16 Å². The van der Waals surface area contributed by atoms with Crippen LogP contribution >= 0.6 is 0 Å². The summed E-state index contributed by atoms with van der Waals surface area (Å²) in [5.74, 6) is -4.20. The van der Waals surface area contributed by atoms with E-state index in [1.807, 2.05) is 20.8 Å². The van der Waals surface area contributed by atoms with Crippen LogP contribution in [0.4, 0.5) is 8.78 Å². The van der Waals surface area contributed by atoms with Gasteiger partial charge in [0.05, 0.1) is 11.8 Å². The number of amides is 2. The molecule has 3 aliphatic rings. The van der Waals surface area contributed by atoms with Crippen molar-refractivity contribution in [1.82, 2.24) is 14.8 Å². The third-order valence-electron chi connectivity index (χ3n) is 8.07. The number of pyridine rings is 1. The summed E-state index contributed by atoms with van der Waals surface area (Å²) in [5.41, 5.74) is -1.51. The number of nitrogens with one attached hydrogen (secondary N) is 1. The summed E-state index contributed by atoms with van der Waals surface area (Å²) in [4.78, 5) is 61.3. The predicted molar refractivity (Wildman–Crippen MR) is 146 cm³/mol. The van der Waals surface area contributed by atoms with Crippen LogP contribution in [0.1, 0.15) is 93.2 Å².